The summed E-state index contributed by atoms with van der Waals surface area (Å²) < 4.78 is 4.69. The van der Waals surface area contributed by atoms with Crippen LogP contribution in [0.5, 0.6) is 0 Å². The van der Waals surface area contributed by atoms with E-state index >= 15 is 0 Å². The summed E-state index contributed by atoms with van der Waals surface area (Å²) in [6, 6.07) is 0. The van der Waals surface area contributed by atoms with Gasteiger partial charge < -0.3 is 4.52 Å². The zero-order valence-electron chi connectivity index (χ0n) is 5.27. The van der Waals surface area contributed by atoms with E-state index in [1.807, 2.05) is 0 Å². The molecule has 5 heteroatoms. The van der Waals surface area contributed by atoms with Gasteiger partial charge in [-0.3, -0.25) is 0 Å². The topological polar surface area (TPSA) is 64.7 Å². The Morgan fingerprint density at radius 3 is 3.30 bits per heavy atom. The summed E-state index contributed by atoms with van der Waals surface area (Å²) in [5.74, 6) is 0.670. The highest BCUT2D eigenvalue weighted by Crippen LogP contribution is 2.03. The largest absolute Gasteiger partial charge is 0.333 e. The minimum atomic E-state index is 0.507. The third kappa shape index (κ3) is 0.637. The molecule has 0 bridgehead atoms. The average Bonchev–Trinajstić information content (AvgIpc) is 2.33. The Kier molecular flexibility index (Phi) is 0.913. The molecule has 0 unspecified atom stereocenters. The molecule has 0 atom stereocenters. The summed E-state index contributed by atoms with van der Waals surface area (Å²) in [6.45, 7) is 1.79. The monoisotopic (exact) mass is 136 g/mol. The van der Waals surface area contributed by atoms with Crippen molar-refractivity contribution in [3.05, 3.63) is 12.0 Å². The van der Waals surface area contributed by atoms with Crippen LogP contribution < -0.4 is 0 Å². The van der Waals surface area contributed by atoms with Gasteiger partial charge in [0, 0.05) is 5.27 Å². The molecular weight excluding hydrogens is 132 g/mol. The smallest absolute Gasteiger partial charge is 0.227 e. The third-order valence-electron chi connectivity index (χ3n) is 1.13. The number of fused-ring (bicyclic) bond motifs is 1. The van der Waals surface area contributed by atoms with E-state index < -0.39 is 0 Å². The Labute approximate surface area is 56.1 Å². The quantitative estimate of drug-likeness (QED) is 0.521. The summed E-state index contributed by atoms with van der Waals surface area (Å²) in [7, 11) is 0. The van der Waals surface area contributed by atoms with Crippen molar-refractivity contribution >= 4 is 11.2 Å². The van der Waals surface area contributed by atoms with Crippen LogP contribution in [-0.4, -0.2) is 20.3 Å². The van der Waals surface area contributed by atoms with Crippen molar-refractivity contribution in [1.29, 1.82) is 0 Å². The maximum atomic E-state index is 4.69. The van der Waals surface area contributed by atoms with Gasteiger partial charge in [-0.05, 0) is 6.92 Å². The molecule has 2 aromatic heterocycles. The molecule has 50 valence electrons. The normalized spacial score (nSPS) is 10.5. The summed E-state index contributed by atoms with van der Waals surface area (Å²) in [5, 5.41) is 6.93. The van der Waals surface area contributed by atoms with Gasteiger partial charge in [0.05, 0.1) is 6.20 Å². The van der Waals surface area contributed by atoms with E-state index in [-0.39, 0.29) is 0 Å². The Bertz CT molecular complexity index is 355. The second-order valence-corrected chi connectivity index (χ2v) is 1.88. The fraction of sp³-hybridized carbons (Fsp3) is 0.200. The molecule has 0 radical (unpaired) electrons. The molecule has 2 rings (SSSR count). The molecular formula is C5H4N4O. The minimum Gasteiger partial charge on any atom is -0.333 e. The van der Waals surface area contributed by atoms with Gasteiger partial charge in [0.2, 0.25) is 11.2 Å². The first-order valence-electron chi connectivity index (χ1n) is 2.78. The second-order valence-electron chi connectivity index (χ2n) is 1.88. The van der Waals surface area contributed by atoms with Crippen molar-refractivity contribution < 1.29 is 4.52 Å². The molecule has 0 aliphatic heterocycles. The summed E-state index contributed by atoms with van der Waals surface area (Å²) in [5.41, 5.74) is 1.03. The highest BCUT2D eigenvalue weighted by atomic mass is 16.5. The molecule has 0 aliphatic carbocycles. The molecule has 0 amide bonds. The fourth-order valence-corrected chi connectivity index (χ4v) is 0.686. The van der Waals surface area contributed by atoms with Gasteiger partial charge in [0.15, 0.2) is 0 Å². The number of hydrogen-bond donors (Lipinski definition) is 0. The zero-order valence-corrected chi connectivity index (χ0v) is 5.27. The Balaban J connectivity index is 2.86. The average molecular weight is 136 g/mol. The lowest BCUT2D eigenvalue weighted by atomic mass is 10.5. The SMILES string of the molecule is Cc1ncc2onnc2n1. The maximum Gasteiger partial charge on any atom is 0.227 e. The molecule has 0 aromatic carbocycles. The van der Waals surface area contributed by atoms with Crippen LogP contribution in [0.1, 0.15) is 5.82 Å². The molecule has 5 nitrogen and oxygen atoms in total. The summed E-state index contributed by atoms with van der Waals surface area (Å²) >= 11 is 0. The number of aryl methyl sites for hydroxylation is 1. The number of nitrogens with zero attached hydrogens (tertiary/aromatic N) is 4. The van der Waals surface area contributed by atoms with Crippen LogP contribution in [0.15, 0.2) is 10.7 Å². The van der Waals surface area contributed by atoms with Gasteiger partial charge in [-0.15, -0.1) is 0 Å². The Morgan fingerprint density at radius 2 is 2.40 bits per heavy atom. The van der Waals surface area contributed by atoms with Gasteiger partial charge in [0.25, 0.3) is 0 Å². The molecule has 2 aromatic rings. The predicted molar refractivity (Wildman–Crippen MR) is 32.1 cm³/mol. The van der Waals surface area contributed by atoms with E-state index in [1.54, 1.807) is 13.1 Å². The van der Waals surface area contributed by atoms with E-state index in [4.69, 9.17) is 0 Å². The summed E-state index contributed by atoms with van der Waals surface area (Å²) in [4.78, 5) is 7.85. The standard InChI is InChI=1S/C5H4N4O/c1-3-6-2-4-5(7-3)8-9-10-4/h2H,1H3. The van der Waals surface area contributed by atoms with Crippen molar-refractivity contribution in [2.75, 3.05) is 0 Å². The lowest BCUT2D eigenvalue weighted by Gasteiger charge is -1.84. The molecule has 0 spiro atoms. The molecule has 0 N–H and O–H groups in total. The van der Waals surface area contributed by atoms with Gasteiger partial charge >= 0.3 is 0 Å². The Morgan fingerprint density at radius 1 is 1.50 bits per heavy atom. The van der Waals surface area contributed by atoms with Crippen LogP contribution in [0.3, 0.4) is 0 Å². The fourth-order valence-electron chi connectivity index (χ4n) is 0.686. The van der Waals surface area contributed by atoms with Crippen molar-refractivity contribution in [3.8, 4) is 0 Å². The van der Waals surface area contributed by atoms with Crippen molar-refractivity contribution in [1.82, 2.24) is 20.3 Å². The van der Waals surface area contributed by atoms with Crippen LogP contribution in [0.2, 0.25) is 0 Å². The molecule has 0 saturated carbocycles. The lowest BCUT2D eigenvalue weighted by molar-refractivity contribution is 0.423. The van der Waals surface area contributed by atoms with Gasteiger partial charge in [0.1, 0.15) is 5.82 Å². The number of rotatable bonds is 0. The van der Waals surface area contributed by atoms with Crippen molar-refractivity contribution in [3.63, 3.8) is 0 Å². The molecule has 0 fully saturated rings. The van der Waals surface area contributed by atoms with Gasteiger partial charge in [-0.1, -0.05) is 5.10 Å². The van der Waals surface area contributed by atoms with Crippen LogP contribution in [0, 0.1) is 6.92 Å². The molecule has 10 heavy (non-hydrogen) atoms. The zero-order chi connectivity index (χ0) is 6.97. The van der Waals surface area contributed by atoms with Crippen LogP contribution in [0.25, 0.3) is 11.2 Å². The van der Waals surface area contributed by atoms with E-state index in [0.29, 0.717) is 17.1 Å². The molecule has 2 heterocycles. The van der Waals surface area contributed by atoms with E-state index in [1.165, 1.54) is 0 Å². The first-order chi connectivity index (χ1) is 4.86. The number of aromatic nitrogens is 4. The first-order valence-corrected chi connectivity index (χ1v) is 2.78. The van der Waals surface area contributed by atoms with Crippen LogP contribution >= 0.6 is 0 Å². The highest BCUT2D eigenvalue weighted by Gasteiger charge is 1.99. The van der Waals surface area contributed by atoms with Crippen LogP contribution in [-0.2, 0) is 0 Å². The second kappa shape index (κ2) is 1.73. The molecule has 0 saturated heterocycles. The van der Waals surface area contributed by atoms with Gasteiger partial charge in [-0.2, -0.15) is 0 Å². The van der Waals surface area contributed by atoms with Crippen LogP contribution in [0.4, 0.5) is 0 Å². The maximum absolute atomic E-state index is 4.69. The summed E-state index contributed by atoms with van der Waals surface area (Å²) in [6.07, 6.45) is 1.55. The Hall–Kier alpha value is -1.52. The minimum absolute atomic E-state index is 0.507. The third-order valence-corrected chi connectivity index (χ3v) is 1.13. The number of hydrogen-bond acceptors (Lipinski definition) is 5. The van der Waals surface area contributed by atoms with Crippen molar-refractivity contribution in [2.24, 2.45) is 0 Å². The van der Waals surface area contributed by atoms with Gasteiger partial charge in [-0.25, -0.2) is 9.97 Å². The predicted octanol–water partition coefficient (Wildman–Crippen LogP) is 0.321. The highest BCUT2D eigenvalue weighted by molar-refractivity contribution is 5.64. The van der Waals surface area contributed by atoms with Crippen molar-refractivity contribution in [2.45, 2.75) is 6.92 Å². The molecule has 0 aliphatic rings. The van der Waals surface area contributed by atoms with E-state index in [2.05, 4.69) is 24.9 Å². The lowest BCUT2D eigenvalue weighted by Crippen LogP contribution is -1.85. The van der Waals surface area contributed by atoms with E-state index in [0.717, 1.165) is 0 Å². The van der Waals surface area contributed by atoms with E-state index in [9.17, 15) is 0 Å². The first kappa shape index (κ1) is 5.28.